The monoisotopic (exact) mass is 365 g/mol. The zero-order chi connectivity index (χ0) is 16.1. The van der Waals surface area contributed by atoms with Gasteiger partial charge in [-0.05, 0) is 18.6 Å². The molecule has 23 heavy (non-hydrogen) atoms. The number of carbonyl (C=O) groups is 2. The molecule has 2 amide bonds. The maximum absolute atomic E-state index is 12.2. The highest BCUT2D eigenvalue weighted by Crippen LogP contribution is 2.50. The summed E-state index contributed by atoms with van der Waals surface area (Å²) in [6, 6.07) is 5.25. The zero-order valence-electron chi connectivity index (χ0n) is 11.6. The molecule has 2 fully saturated rings. The van der Waals surface area contributed by atoms with Gasteiger partial charge in [0.05, 0.1) is 34.9 Å². The maximum Gasteiger partial charge on any atom is 0.237 e. The summed E-state index contributed by atoms with van der Waals surface area (Å²) < 4.78 is 0. The summed E-state index contributed by atoms with van der Waals surface area (Å²) in [4.78, 5) is 34.5. The molecule has 2 aliphatic rings. The molecule has 2 unspecified atom stereocenters. The number of anilines is 1. The number of imide groups is 1. The molecule has 1 aromatic heterocycles. The summed E-state index contributed by atoms with van der Waals surface area (Å²) in [7, 11) is 0. The summed E-state index contributed by atoms with van der Waals surface area (Å²) in [6.07, 6.45) is 3.65. The van der Waals surface area contributed by atoms with E-state index in [0.29, 0.717) is 32.2 Å². The van der Waals surface area contributed by atoms with Gasteiger partial charge in [-0.15, -0.1) is 0 Å². The second kappa shape index (κ2) is 5.47. The molecular weight excluding hydrogens is 357 g/mol. The number of aromatic nitrogens is 2. The van der Waals surface area contributed by atoms with E-state index in [1.807, 2.05) is 0 Å². The molecular formula is C15H9Cl2N3O2S. The SMILES string of the molecule is O=C1C2CC2C(=O)N1c1cccc(Sc2cnc(Cl)cn2)c1Cl. The normalized spacial score (nSPS) is 22.4. The molecule has 2 aromatic rings. The lowest BCUT2D eigenvalue weighted by molar-refractivity contribution is -0.123. The number of benzene rings is 1. The number of halogens is 2. The molecule has 1 aromatic carbocycles. The smallest absolute Gasteiger partial charge is 0.237 e. The van der Waals surface area contributed by atoms with Crippen LogP contribution in [0.4, 0.5) is 5.69 Å². The van der Waals surface area contributed by atoms with Crippen LogP contribution in [0.2, 0.25) is 10.2 Å². The highest BCUT2D eigenvalue weighted by Gasteiger charge is 2.59. The fraction of sp³-hybridized carbons (Fsp3) is 0.200. The van der Waals surface area contributed by atoms with Gasteiger partial charge in [-0.2, -0.15) is 0 Å². The van der Waals surface area contributed by atoms with Crippen molar-refractivity contribution in [1.29, 1.82) is 0 Å². The zero-order valence-corrected chi connectivity index (χ0v) is 13.9. The second-order valence-electron chi connectivity index (χ2n) is 5.33. The van der Waals surface area contributed by atoms with Gasteiger partial charge in [0.25, 0.3) is 0 Å². The summed E-state index contributed by atoms with van der Waals surface area (Å²) in [5.41, 5.74) is 0.431. The number of rotatable bonds is 3. The van der Waals surface area contributed by atoms with Crippen molar-refractivity contribution in [3.05, 3.63) is 40.8 Å². The van der Waals surface area contributed by atoms with E-state index in [1.54, 1.807) is 18.2 Å². The van der Waals surface area contributed by atoms with Gasteiger partial charge >= 0.3 is 0 Å². The Hall–Kier alpha value is -1.63. The number of piperidine rings is 1. The van der Waals surface area contributed by atoms with Crippen LogP contribution in [0.15, 0.2) is 40.5 Å². The average molecular weight is 366 g/mol. The molecule has 2 atom stereocenters. The van der Waals surface area contributed by atoms with Crippen LogP contribution < -0.4 is 4.90 Å². The number of hydrogen-bond acceptors (Lipinski definition) is 5. The summed E-state index contributed by atoms with van der Waals surface area (Å²) >= 11 is 13.4. The first-order valence-corrected chi connectivity index (χ1v) is 8.45. The first-order valence-electron chi connectivity index (χ1n) is 6.88. The van der Waals surface area contributed by atoms with Crippen molar-refractivity contribution in [1.82, 2.24) is 9.97 Å². The molecule has 1 aliphatic carbocycles. The fourth-order valence-electron chi connectivity index (χ4n) is 2.64. The predicted octanol–water partition coefficient (Wildman–Crippen LogP) is 3.44. The Balaban J connectivity index is 1.66. The molecule has 0 bridgehead atoms. The molecule has 0 radical (unpaired) electrons. The minimum Gasteiger partial charge on any atom is -0.274 e. The van der Waals surface area contributed by atoms with E-state index < -0.39 is 0 Å². The standard InChI is InChI=1S/C15H9Cl2N3O2S/c16-11-5-19-12(6-18-11)23-10-3-1-2-9(13(10)17)20-14(21)7-4-8(7)15(20)22/h1-3,5-8H,4H2. The number of fused-ring (bicyclic) bond motifs is 1. The van der Waals surface area contributed by atoms with Gasteiger partial charge in [0, 0.05) is 4.90 Å². The van der Waals surface area contributed by atoms with Gasteiger partial charge in [-0.3, -0.25) is 9.59 Å². The molecule has 0 N–H and O–H groups in total. The molecule has 116 valence electrons. The van der Waals surface area contributed by atoms with Crippen LogP contribution in [0.3, 0.4) is 0 Å². The first kappa shape index (κ1) is 14.9. The molecule has 4 rings (SSSR count). The maximum atomic E-state index is 12.2. The van der Waals surface area contributed by atoms with E-state index in [0.717, 1.165) is 0 Å². The van der Waals surface area contributed by atoms with E-state index in [1.165, 1.54) is 29.1 Å². The minimum absolute atomic E-state index is 0.156. The quantitative estimate of drug-likeness (QED) is 0.779. The molecule has 1 saturated carbocycles. The van der Waals surface area contributed by atoms with Gasteiger partial charge in [0.15, 0.2) is 0 Å². The topological polar surface area (TPSA) is 63.2 Å². The number of nitrogens with zero attached hydrogens (tertiary/aromatic N) is 3. The lowest BCUT2D eigenvalue weighted by Gasteiger charge is -2.19. The van der Waals surface area contributed by atoms with Gasteiger partial charge in [0.2, 0.25) is 11.8 Å². The van der Waals surface area contributed by atoms with Gasteiger partial charge in [-0.25, -0.2) is 14.9 Å². The van der Waals surface area contributed by atoms with Crippen LogP contribution in [-0.2, 0) is 9.59 Å². The highest BCUT2D eigenvalue weighted by molar-refractivity contribution is 7.99. The highest BCUT2D eigenvalue weighted by atomic mass is 35.5. The number of amides is 2. The Kier molecular flexibility index (Phi) is 3.55. The van der Waals surface area contributed by atoms with Gasteiger partial charge in [-0.1, -0.05) is 41.0 Å². The van der Waals surface area contributed by atoms with Crippen molar-refractivity contribution < 1.29 is 9.59 Å². The van der Waals surface area contributed by atoms with E-state index in [2.05, 4.69) is 9.97 Å². The van der Waals surface area contributed by atoms with Crippen molar-refractivity contribution >= 4 is 52.5 Å². The Morgan fingerprint density at radius 2 is 1.83 bits per heavy atom. The number of hydrogen-bond donors (Lipinski definition) is 0. The van der Waals surface area contributed by atoms with Gasteiger partial charge < -0.3 is 0 Å². The van der Waals surface area contributed by atoms with E-state index in [-0.39, 0.29) is 23.7 Å². The third-order valence-electron chi connectivity index (χ3n) is 3.86. The Labute approximate surface area is 146 Å². The Bertz CT molecular complexity index is 808. The van der Waals surface area contributed by atoms with E-state index in [4.69, 9.17) is 23.2 Å². The van der Waals surface area contributed by atoms with E-state index in [9.17, 15) is 9.59 Å². The van der Waals surface area contributed by atoms with Crippen molar-refractivity contribution in [2.24, 2.45) is 11.8 Å². The molecule has 1 saturated heterocycles. The molecule has 1 aliphatic heterocycles. The van der Waals surface area contributed by atoms with Crippen LogP contribution in [0.5, 0.6) is 0 Å². The minimum atomic E-state index is -0.157. The van der Waals surface area contributed by atoms with Crippen LogP contribution >= 0.6 is 35.0 Å². The Morgan fingerprint density at radius 1 is 1.09 bits per heavy atom. The molecule has 5 nitrogen and oxygen atoms in total. The van der Waals surface area contributed by atoms with Crippen LogP contribution in [0.1, 0.15) is 6.42 Å². The van der Waals surface area contributed by atoms with Crippen molar-refractivity contribution in [3.63, 3.8) is 0 Å². The first-order chi connectivity index (χ1) is 11.1. The average Bonchev–Trinajstić information content (AvgIpc) is 3.29. The predicted molar refractivity (Wildman–Crippen MR) is 86.7 cm³/mol. The van der Waals surface area contributed by atoms with Crippen molar-refractivity contribution in [2.45, 2.75) is 16.3 Å². The largest absolute Gasteiger partial charge is 0.274 e. The summed E-state index contributed by atoms with van der Waals surface area (Å²) in [6.45, 7) is 0. The van der Waals surface area contributed by atoms with Crippen LogP contribution in [-0.4, -0.2) is 21.8 Å². The van der Waals surface area contributed by atoms with Gasteiger partial charge in [0.1, 0.15) is 10.2 Å². The molecule has 2 heterocycles. The van der Waals surface area contributed by atoms with Crippen molar-refractivity contribution in [3.8, 4) is 0 Å². The third kappa shape index (κ3) is 2.51. The lowest BCUT2D eigenvalue weighted by Crippen LogP contribution is -2.33. The summed E-state index contributed by atoms with van der Waals surface area (Å²) in [5.74, 6) is -0.625. The van der Waals surface area contributed by atoms with Crippen LogP contribution in [0, 0.1) is 11.8 Å². The molecule has 0 spiro atoms. The third-order valence-corrected chi connectivity index (χ3v) is 5.55. The number of carbonyl (C=O) groups excluding carboxylic acids is 2. The van der Waals surface area contributed by atoms with Crippen LogP contribution in [0.25, 0.3) is 0 Å². The fourth-order valence-corrected chi connectivity index (χ4v) is 3.84. The second-order valence-corrected chi connectivity index (χ2v) is 7.16. The molecule has 8 heteroatoms. The van der Waals surface area contributed by atoms with E-state index >= 15 is 0 Å². The summed E-state index contributed by atoms with van der Waals surface area (Å²) in [5, 5.41) is 1.29. The lowest BCUT2D eigenvalue weighted by atomic mass is 10.2. The van der Waals surface area contributed by atoms with Crippen molar-refractivity contribution in [2.75, 3.05) is 4.90 Å². The Morgan fingerprint density at radius 3 is 2.48 bits per heavy atom.